The van der Waals surface area contributed by atoms with E-state index in [2.05, 4.69) is 69.1 Å². The minimum atomic E-state index is -4.52. The smallest absolute Gasteiger partial charge is 0.418 e. The fourth-order valence-electron chi connectivity index (χ4n) is 7.61. The van der Waals surface area contributed by atoms with Gasteiger partial charge in [0.15, 0.2) is 5.78 Å². The fourth-order valence-corrected chi connectivity index (χ4v) is 9.11. The number of rotatable bonds is 9. The van der Waals surface area contributed by atoms with Crippen LogP contribution in [0.5, 0.6) is 0 Å². The minimum absolute atomic E-state index is 0. The van der Waals surface area contributed by atoms with Crippen LogP contribution in [0.3, 0.4) is 0 Å². The number of aromatic nitrogens is 1. The van der Waals surface area contributed by atoms with E-state index in [4.69, 9.17) is 0 Å². The topological polar surface area (TPSA) is 50.2 Å². The third-order valence-corrected chi connectivity index (χ3v) is 13.7. The molecule has 0 unspecified atom stereocenters. The number of halogens is 3. The summed E-state index contributed by atoms with van der Waals surface area (Å²) in [6, 6.07) is 23.9. The van der Waals surface area contributed by atoms with E-state index >= 15 is 0 Å². The molecule has 0 aliphatic heterocycles. The Balaban J connectivity index is 0.000000353. The Morgan fingerprint density at radius 1 is 0.793 bits per heavy atom. The number of hydrogen-bond donors (Lipinski definition) is 1. The average Bonchev–Trinajstić information content (AvgIpc) is 3.51. The van der Waals surface area contributed by atoms with E-state index in [9.17, 15) is 23.1 Å². The van der Waals surface area contributed by atoms with E-state index in [1.54, 1.807) is 0 Å². The molecule has 311 valence electrons. The van der Waals surface area contributed by atoms with Crippen LogP contribution >= 0.6 is 11.3 Å². The number of aryl methyl sites for hydroxylation is 3. The third kappa shape index (κ3) is 9.00. The molecular formula is C50H57F3IrNO2S-. The summed E-state index contributed by atoms with van der Waals surface area (Å²) in [4.78, 5) is 17.5. The molecule has 2 heterocycles. The predicted molar refractivity (Wildman–Crippen MR) is 235 cm³/mol. The van der Waals surface area contributed by atoms with Crippen LogP contribution in [0, 0.1) is 37.7 Å². The summed E-state index contributed by atoms with van der Waals surface area (Å²) in [6.45, 7) is 24.4. The van der Waals surface area contributed by atoms with Gasteiger partial charge in [-0.15, -0.1) is 40.5 Å². The minimum Gasteiger partial charge on any atom is -0.512 e. The second kappa shape index (κ2) is 17.8. The van der Waals surface area contributed by atoms with Gasteiger partial charge >= 0.3 is 6.18 Å². The first-order chi connectivity index (χ1) is 26.6. The summed E-state index contributed by atoms with van der Waals surface area (Å²) < 4.78 is 43.7. The van der Waals surface area contributed by atoms with Crippen molar-refractivity contribution in [1.29, 1.82) is 0 Å². The molecule has 1 N–H and O–H groups in total. The summed E-state index contributed by atoms with van der Waals surface area (Å²) in [5, 5.41) is 14.6. The molecule has 0 fully saturated rings. The average molecular weight is 985 g/mol. The van der Waals surface area contributed by atoms with Crippen molar-refractivity contribution in [2.24, 2.45) is 10.8 Å². The van der Waals surface area contributed by atoms with E-state index in [0.717, 1.165) is 80.6 Å². The largest absolute Gasteiger partial charge is 0.512 e. The molecule has 3 nitrogen and oxygen atoms in total. The molecule has 58 heavy (non-hydrogen) atoms. The molecule has 0 bridgehead atoms. The van der Waals surface area contributed by atoms with Gasteiger partial charge in [0, 0.05) is 63.9 Å². The molecule has 8 heteroatoms. The molecule has 0 aliphatic rings. The number of aliphatic hydroxyl groups is 1. The maximum absolute atomic E-state index is 14.4. The predicted octanol–water partition coefficient (Wildman–Crippen LogP) is 15.6. The summed E-state index contributed by atoms with van der Waals surface area (Å²) in [5.74, 6) is 0.286. The van der Waals surface area contributed by atoms with Crippen molar-refractivity contribution in [2.75, 3.05) is 0 Å². The van der Waals surface area contributed by atoms with E-state index in [1.807, 2.05) is 85.7 Å². The van der Waals surface area contributed by atoms with Crippen molar-refractivity contribution >= 4 is 48.8 Å². The van der Waals surface area contributed by atoms with Gasteiger partial charge in [-0.3, -0.25) is 9.78 Å². The maximum Gasteiger partial charge on any atom is 0.418 e. The number of fused-ring (bicyclic) bond motifs is 3. The second-order valence-electron chi connectivity index (χ2n) is 17.0. The summed E-state index contributed by atoms with van der Waals surface area (Å²) >= 11 is 1.40. The number of alkyl halides is 3. The van der Waals surface area contributed by atoms with Crippen LogP contribution in [0.15, 0.2) is 78.7 Å². The first kappa shape index (κ1) is 46.8. The number of benzene rings is 4. The van der Waals surface area contributed by atoms with Crippen LogP contribution in [0.4, 0.5) is 13.2 Å². The number of carbonyl (C=O) groups is 1. The van der Waals surface area contributed by atoms with Gasteiger partial charge in [0.25, 0.3) is 0 Å². The summed E-state index contributed by atoms with van der Waals surface area (Å²) in [6.07, 6.45) is 1.23. The number of aliphatic hydroxyl groups excluding tert-OH is 1. The number of hydrogen-bond acceptors (Lipinski definition) is 4. The van der Waals surface area contributed by atoms with Crippen LogP contribution in [-0.4, -0.2) is 15.9 Å². The number of carbonyl (C=O) groups excluding carboxylic acids is 1. The van der Waals surface area contributed by atoms with Crippen molar-refractivity contribution in [3.8, 4) is 21.7 Å². The quantitative estimate of drug-likeness (QED) is 0.0892. The zero-order valence-corrected chi connectivity index (χ0v) is 39.1. The SMILES string of the molecule is CCC(C)(CC)C(=O)/C=C(\O)C(C)(CC)CC.Cc1cc2ccccc2c(C)c1-c1sc2c(-c3[c-]c4ccccc4c(C(C)(C)C)c3)ncc(C(F)(F)F)c2c1C.[Ir]. The van der Waals surface area contributed by atoms with E-state index in [-0.39, 0.29) is 53.3 Å². The normalized spacial score (nSPS) is 12.8. The van der Waals surface area contributed by atoms with Crippen molar-refractivity contribution in [3.05, 3.63) is 113 Å². The number of thiophene rings is 1. The molecular weight excluding hydrogens is 928 g/mol. The van der Waals surface area contributed by atoms with Gasteiger partial charge in [-0.05, 0) is 84.9 Å². The Morgan fingerprint density at radius 2 is 1.36 bits per heavy atom. The summed E-state index contributed by atoms with van der Waals surface area (Å²) in [7, 11) is 0. The Labute approximate surface area is 360 Å². The second-order valence-corrected chi connectivity index (χ2v) is 18.0. The van der Waals surface area contributed by atoms with Gasteiger partial charge < -0.3 is 5.11 Å². The molecule has 0 aliphatic carbocycles. The van der Waals surface area contributed by atoms with Crippen LogP contribution < -0.4 is 0 Å². The van der Waals surface area contributed by atoms with Crippen LogP contribution in [0.2, 0.25) is 0 Å². The molecule has 1 radical (unpaired) electrons. The van der Waals surface area contributed by atoms with E-state index in [1.165, 1.54) is 17.4 Å². The molecule has 0 amide bonds. The zero-order valence-electron chi connectivity index (χ0n) is 35.9. The summed E-state index contributed by atoms with van der Waals surface area (Å²) in [5.41, 5.74) is 4.63. The first-order valence-electron chi connectivity index (χ1n) is 20.1. The van der Waals surface area contributed by atoms with Gasteiger partial charge in [-0.2, -0.15) is 13.2 Å². The van der Waals surface area contributed by atoms with E-state index in [0.29, 0.717) is 21.5 Å². The van der Waals surface area contributed by atoms with Crippen LogP contribution in [-0.2, 0) is 36.5 Å². The van der Waals surface area contributed by atoms with Crippen molar-refractivity contribution in [3.63, 3.8) is 0 Å². The van der Waals surface area contributed by atoms with Crippen molar-refractivity contribution < 1.29 is 43.2 Å². The maximum atomic E-state index is 14.4. The van der Waals surface area contributed by atoms with Crippen molar-refractivity contribution in [2.45, 2.75) is 120 Å². The molecule has 6 rings (SSSR count). The van der Waals surface area contributed by atoms with Crippen molar-refractivity contribution in [1.82, 2.24) is 4.98 Å². The number of ketones is 1. The number of allylic oxidation sites excluding steroid dienone is 2. The molecule has 4 aromatic carbocycles. The molecule has 0 spiro atoms. The number of pyridine rings is 1. The molecule has 0 saturated carbocycles. The van der Waals surface area contributed by atoms with Crippen LogP contribution in [0.25, 0.3) is 53.3 Å². The Morgan fingerprint density at radius 3 is 1.93 bits per heavy atom. The van der Waals surface area contributed by atoms with Gasteiger partial charge in [-0.1, -0.05) is 122 Å². The fraction of sp³-hybridized carbons (Fsp3) is 0.400. The van der Waals surface area contributed by atoms with Crippen LogP contribution in [0.1, 0.15) is 116 Å². The first-order valence-corrected chi connectivity index (χ1v) is 20.9. The van der Waals surface area contributed by atoms with Gasteiger partial charge in [0.05, 0.1) is 5.56 Å². The Kier molecular flexibility index (Phi) is 14.4. The number of nitrogens with zero attached hydrogens (tertiary/aromatic N) is 1. The van der Waals surface area contributed by atoms with Gasteiger partial charge in [0.1, 0.15) is 5.76 Å². The van der Waals surface area contributed by atoms with Gasteiger partial charge in [-0.25, -0.2) is 0 Å². The third-order valence-electron chi connectivity index (χ3n) is 12.4. The molecule has 2 aromatic heterocycles. The molecule has 0 saturated heterocycles. The van der Waals surface area contributed by atoms with E-state index < -0.39 is 11.7 Å². The van der Waals surface area contributed by atoms with Gasteiger partial charge in [0.2, 0.25) is 0 Å². The molecule has 0 atom stereocenters. The standard InChI is InChI=1S/C35H29F3NS.C15H28O2.Ir/c1-19-15-22-11-7-9-13-25(22)20(2)29(19)32-21(3)30-28(35(36,37)38)18-39-31(33(30)40-32)24-16-23-12-8-10-14-26(23)27(17-24)34(4,5)6;1-7-14(5,8-2)12(16)11-13(17)15(6,9-3)10-4;/h7-15,17-18H,1-6H3;11,16H,7-10H2,1-6H3;/q-1;;/b;12-11-;. The Bertz CT molecular complexity index is 2480. The molecule has 6 aromatic rings. The zero-order chi connectivity index (χ0) is 42.2. The monoisotopic (exact) mass is 985 g/mol. The Hall–Kier alpha value is -3.84.